The van der Waals surface area contributed by atoms with Crippen molar-refractivity contribution < 1.29 is 9.53 Å². The van der Waals surface area contributed by atoms with Crippen molar-refractivity contribution >= 4 is 21.7 Å². The minimum atomic E-state index is 0.0348. The molecule has 0 aromatic heterocycles. The summed E-state index contributed by atoms with van der Waals surface area (Å²) in [5.74, 6) is 1.21. The van der Waals surface area contributed by atoms with Crippen LogP contribution in [0.15, 0.2) is 22.7 Å². The van der Waals surface area contributed by atoms with E-state index in [1.54, 1.807) is 0 Å². The molecule has 0 fully saturated rings. The Morgan fingerprint density at radius 2 is 2.13 bits per heavy atom. The second-order valence-electron chi connectivity index (χ2n) is 3.83. The molecule has 0 saturated carbocycles. The molecule has 0 aliphatic carbocycles. The Kier molecular flexibility index (Phi) is 4.33. The third-order valence-corrected chi connectivity index (χ3v) is 2.52. The van der Waals surface area contributed by atoms with Crippen molar-refractivity contribution in [3.05, 3.63) is 28.2 Å². The first-order valence-corrected chi connectivity index (χ1v) is 5.71. The molecule has 82 valence electrons. The van der Waals surface area contributed by atoms with E-state index in [0.29, 0.717) is 5.92 Å². The first kappa shape index (κ1) is 12.2. The highest BCUT2D eigenvalue weighted by atomic mass is 79.9. The van der Waals surface area contributed by atoms with Crippen LogP contribution < -0.4 is 4.74 Å². The number of rotatable bonds is 4. The molecule has 1 aromatic rings. The van der Waals surface area contributed by atoms with E-state index in [0.717, 1.165) is 15.8 Å². The summed E-state index contributed by atoms with van der Waals surface area (Å²) in [6, 6.07) is 5.84. The third-order valence-electron chi connectivity index (χ3n) is 2.02. The topological polar surface area (TPSA) is 26.3 Å². The molecule has 0 atom stereocenters. The van der Waals surface area contributed by atoms with Crippen LogP contribution in [0.2, 0.25) is 0 Å². The lowest BCUT2D eigenvalue weighted by Crippen LogP contribution is -2.08. The average molecular weight is 271 g/mol. The Morgan fingerprint density at radius 1 is 1.47 bits per heavy atom. The van der Waals surface area contributed by atoms with E-state index in [-0.39, 0.29) is 12.4 Å². The number of carbonyl (C=O) groups is 1. The Bertz CT molecular complexity index is 359. The molecule has 1 aromatic carbocycles. The van der Waals surface area contributed by atoms with E-state index in [1.807, 2.05) is 18.2 Å². The molecule has 1 rings (SSSR count). The van der Waals surface area contributed by atoms with Crippen molar-refractivity contribution in [1.29, 1.82) is 0 Å². The second-order valence-corrected chi connectivity index (χ2v) is 4.74. The van der Waals surface area contributed by atoms with Crippen LogP contribution in [-0.4, -0.2) is 12.4 Å². The summed E-state index contributed by atoms with van der Waals surface area (Å²) in [6.45, 7) is 5.86. The Hall–Kier alpha value is -0.830. The molecule has 0 aliphatic rings. The maximum Gasteiger partial charge on any atom is 0.167 e. The van der Waals surface area contributed by atoms with Gasteiger partial charge in [-0.15, -0.1) is 0 Å². The van der Waals surface area contributed by atoms with Gasteiger partial charge in [-0.3, -0.25) is 4.79 Å². The molecule has 0 N–H and O–H groups in total. The monoisotopic (exact) mass is 270 g/mol. The lowest BCUT2D eigenvalue weighted by Gasteiger charge is -2.13. The standard InChI is InChI=1S/C12H15BrO2/c1-8(2)11-6-10(13)4-5-12(11)15-7-9(3)14/h4-6,8H,7H2,1-3H3. The zero-order valence-corrected chi connectivity index (χ0v) is 10.8. The van der Waals surface area contributed by atoms with Crippen LogP contribution in [0.1, 0.15) is 32.3 Å². The molecule has 0 aliphatic heterocycles. The van der Waals surface area contributed by atoms with Gasteiger partial charge in [0.2, 0.25) is 0 Å². The molecular weight excluding hydrogens is 256 g/mol. The summed E-state index contributed by atoms with van der Waals surface area (Å²) >= 11 is 3.42. The molecule has 0 heterocycles. The van der Waals surface area contributed by atoms with Crippen LogP contribution >= 0.6 is 15.9 Å². The molecule has 0 unspecified atom stereocenters. The van der Waals surface area contributed by atoms with E-state index < -0.39 is 0 Å². The van der Waals surface area contributed by atoms with Crippen molar-refractivity contribution in [3.63, 3.8) is 0 Å². The summed E-state index contributed by atoms with van der Waals surface area (Å²) in [5.41, 5.74) is 1.12. The molecule has 2 nitrogen and oxygen atoms in total. The highest BCUT2D eigenvalue weighted by Gasteiger charge is 2.08. The number of hydrogen-bond acceptors (Lipinski definition) is 2. The fourth-order valence-corrected chi connectivity index (χ4v) is 1.66. The van der Waals surface area contributed by atoms with Crippen LogP contribution in [0.5, 0.6) is 5.75 Å². The number of ether oxygens (including phenoxy) is 1. The largest absolute Gasteiger partial charge is 0.486 e. The first-order valence-electron chi connectivity index (χ1n) is 4.92. The van der Waals surface area contributed by atoms with Gasteiger partial charge >= 0.3 is 0 Å². The number of ketones is 1. The van der Waals surface area contributed by atoms with Crippen LogP contribution in [0, 0.1) is 0 Å². The average Bonchev–Trinajstić information content (AvgIpc) is 2.15. The van der Waals surface area contributed by atoms with Gasteiger partial charge in [-0.1, -0.05) is 29.8 Å². The summed E-state index contributed by atoms with van der Waals surface area (Å²) in [7, 11) is 0. The van der Waals surface area contributed by atoms with Crippen molar-refractivity contribution in [2.75, 3.05) is 6.61 Å². The van der Waals surface area contributed by atoms with Gasteiger partial charge in [-0.05, 0) is 36.6 Å². The summed E-state index contributed by atoms with van der Waals surface area (Å²) in [6.07, 6.45) is 0. The normalized spacial score (nSPS) is 10.5. The molecule has 0 saturated heterocycles. The number of carbonyl (C=O) groups excluding carboxylic acids is 1. The van der Waals surface area contributed by atoms with Crippen molar-refractivity contribution in [2.45, 2.75) is 26.7 Å². The van der Waals surface area contributed by atoms with Crippen molar-refractivity contribution in [2.24, 2.45) is 0 Å². The maximum absolute atomic E-state index is 10.8. The minimum absolute atomic E-state index is 0.0348. The molecule has 0 bridgehead atoms. The fourth-order valence-electron chi connectivity index (χ4n) is 1.28. The van der Waals surface area contributed by atoms with Gasteiger partial charge in [0.25, 0.3) is 0 Å². The fraction of sp³-hybridized carbons (Fsp3) is 0.417. The van der Waals surface area contributed by atoms with E-state index in [9.17, 15) is 4.79 Å². The Balaban J connectivity index is 2.90. The van der Waals surface area contributed by atoms with Gasteiger partial charge in [0.05, 0.1) is 0 Å². The van der Waals surface area contributed by atoms with Gasteiger partial charge in [-0.25, -0.2) is 0 Å². The zero-order valence-electron chi connectivity index (χ0n) is 9.21. The van der Waals surface area contributed by atoms with Crippen LogP contribution in [0.3, 0.4) is 0 Å². The quantitative estimate of drug-likeness (QED) is 0.837. The molecule has 0 spiro atoms. The highest BCUT2D eigenvalue weighted by Crippen LogP contribution is 2.29. The van der Waals surface area contributed by atoms with E-state index in [1.165, 1.54) is 6.92 Å². The van der Waals surface area contributed by atoms with Crippen LogP contribution in [0.25, 0.3) is 0 Å². The van der Waals surface area contributed by atoms with Gasteiger partial charge in [0, 0.05) is 4.47 Å². The van der Waals surface area contributed by atoms with E-state index in [4.69, 9.17) is 4.74 Å². The van der Waals surface area contributed by atoms with E-state index in [2.05, 4.69) is 29.8 Å². The van der Waals surface area contributed by atoms with Gasteiger partial charge in [-0.2, -0.15) is 0 Å². The van der Waals surface area contributed by atoms with Crippen LogP contribution in [0.4, 0.5) is 0 Å². The van der Waals surface area contributed by atoms with Gasteiger partial charge in [0.15, 0.2) is 5.78 Å². The second kappa shape index (κ2) is 5.31. The molecule has 0 amide bonds. The summed E-state index contributed by atoms with van der Waals surface area (Å²) < 4.78 is 6.47. The lowest BCUT2D eigenvalue weighted by atomic mass is 10.0. The molecule has 0 radical (unpaired) electrons. The molecular formula is C12H15BrO2. The van der Waals surface area contributed by atoms with Gasteiger partial charge in [0.1, 0.15) is 12.4 Å². The third kappa shape index (κ3) is 3.67. The van der Waals surface area contributed by atoms with Crippen molar-refractivity contribution in [3.8, 4) is 5.75 Å². The Morgan fingerprint density at radius 3 is 2.67 bits per heavy atom. The van der Waals surface area contributed by atoms with E-state index >= 15 is 0 Å². The predicted octanol–water partition coefficient (Wildman–Crippen LogP) is 3.54. The molecule has 15 heavy (non-hydrogen) atoms. The van der Waals surface area contributed by atoms with Crippen molar-refractivity contribution in [1.82, 2.24) is 0 Å². The molecule has 3 heteroatoms. The SMILES string of the molecule is CC(=O)COc1ccc(Br)cc1C(C)C. The maximum atomic E-state index is 10.8. The Labute approximate surface area is 98.8 Å². The van der Waals surface area contributed by atoms with Crippen LogP contribution in [-0.2, 0) is 4.79 Å². The smallest absolute Gasteiger partial charge is 0.167 e. The summed E-state index contributed by atoms with van der Waals surface area (Å²) in [5, 5.41) is 0. The zero-order chi connectivity index (χ0) is 11.4. The minimum Gasteiger partial charge on any atom is -0.486 e. The number of Topliss-reactive ketones (excluding diaryl/α,β-unsaturated/α-hetero) is 1. The summed E-state index contributed by atoms with van der Waals surface area (Å²) in [4.78, 5) is 10.8. The lowest BCUT2D eigenvalue weighted by molar-refractivity contribution is -0.118. The number of hydrogen-bond donors (Lipinski definition) is 0. The first-order chi connectivity index (χ1) is 7.00. The van der Waals surface area contributed by atoms with Gasteiger partial charge < -0.3 is 4.74 Å². The predicted molar refractivity (Wildman–Crippen MR) is 64.4 cm³/mol. The number of benzene rings is 1. The highest BCUT2D eigenvalue weighted by molar-refractivity contribution is 9.10. The number of halogens is 1.